The lowest BCUT2D eigenvalue weighted by atomic mass is 10.1. The Morgan fingerprint density at radius 1 is 1.00 bits per heavy atom. The van der Waals surface area contributed by atoms with Crippen molar-refractivity contribution in [2.24, 2.45) is 0 Å². The van der Waals surface area contributed by atoms with Gasteiger partial charge in [-0.05, 0) is 42.5 Å². The summed E-state index contributed by atoms with van der Waals surface area (Å²) < 4.78 is 4.96. The molecule has 8 heteroatoms. The number of phenols is 1. The molecule has 35 heavy (non-hydrogen) atoms. The topological polar surface area (TPSA) is 95.9 Å². The number of aromatic hydroxyl groups is 1. The number of nitrogens with zero attached hydrogens (tertiary/aromatic N) is 4. The average molecular weight is 469 g/mol. The van der Waals surface area contributed by atoms with Gasteiger partial charge in [-0.2, -0.15) is 0 Å². The first-order valence-electron chi connectivity index (χ1n) is 11.1. The van der Waals surface area contributed by atoms with E-state index in [-0.39, 0.29) is 24.0 Å². The van der Waals surface area contributed by atoms with Gasteiger partial charge in [0, 0.05) is 37.3 Å². The second kappa shape index (κ2) is 11.0. The maximum Gasteiger partial charge on any atom is 0.359 e. The predicted octanol–water partition coefficient (Wildman–Crippen LogP) is 2.89. The zero-order valence-electron chi connectivity index (χ0n) is 19.1. The molecule has 1 fully saturated rings. The Morgan fingerprint density at radius 3 is 2.51 bits per heavy atom. The van der Waals surface area contributed by atoms with E-state index in [1.54, 1.807) is 47.4 Å². The van der Waals surface area contributed by atoms with Crippen molar-refractivity contribution in [3.8, 4) is 17.6 Å². The fourth-order valence-corrected chi connectivity index (χ4v) is 3.62. The van der Waals surface area contributed by atoms with Crippen LogP contribution in [0.15, 0.2) is 73.3 Å². The molecule has 0 aliphatic carbocycles. The van der Waals surface area contributed by atoms with Crippen molar-refractivity contribution >= 4 is 17.7 Å². The first-order chi connectivity index (χ1) is 17.0. The number of rotatable bonds is 5. The summed E-state index contributed by atoms with van der Waals surface area (Å²) in [5.74, 6) is 6.21. The highest BCUT2D eigenvalue weighted by molar-refractivity contribution is 5.97. The minimum atomic E-state index is -0.551. The van der Waals surface area contributed by atoms with E-state index < -0.39 is 5.97 Å². The van der Waals surface area contributed by atoms with Gasteiger partial charge in [0.2, 0.25) is 0 Å². The van der Waals surface area contributed by atoms with Crippen LogP contribution < -0.4 is 4.90 Å². The smallest absolute Gasteiger partial charge is 0.359 e. The van der Waals surface area contributed by atoms with Crippen LogP contribution in [0.3, 0.4) is 0 Å². The molecule has 2 heterocycles. The molecule has 4 rings (SSSR count). The highest BCUT2D eigenvalue weighted by Crippen LogP contribution is 2.17. The molecule has 0 saturated carbocycles. The maximum absolute atomic E-state index is 13.2. The SMILES string of the molecule is C=CCOC(=O)c1ccc(N2CCN(C(=O)c3ccccc3C#Cc3cccc(O)c3)CC2)nn1. The number of ether oxygens (including phenoxy) is 1. The largest absolute Gasteiger partial charge is 0.508 e. The minimum Gasteiger partial charge on any atom is -0.508 e. The van der Waals surface area contributed by atoms with Crippen LogP contribution in [0, 0.1) is 11.8 Å². The molecule has 8 nitrogen and oxygen atoms in total. The van der Waals surface area contributed by atoms with Gasteiger partial charge in [0.05, 0.1) is 5.56 Å². The molecule has 1 N–H and O–H groups in total. The summed E-state index contributed by atoms with van der Waals surface area (Å²) >= 11 is 0. The highest BCUT2D eigenvalue weighted by Gasteiger charge is 2.24. The number of esters is 1. The standard InChI is InChI=1S/C27H24N4O4/c1-2-18-35-27(34)24-12-13-25(29-28-24)30-14-16-31(17-15-30)26(33)23-9-4-3-7-21(23)11-10-20-6-5-8-22(32)19-20/h2-9,12-13,19,32H,1,14-18H2. The van der Waals surface area contributed by atoms with E-state index in [0.717, 1.165) is 0 Å². The molecule has 176 valence electrons. The van der Waals surface area contributed by atoms with Crippen molar-refractivity contribution in [2.75, 3.05) is 37.7 Å². The van der Waals surface area contributed by atoms with Crippen LogP contribution in [-0.2, 0) is 4.74 Å². The van der Waals surface area contributed by atoms with Crippen molar-refractivity contribution in [3.05, 3.63) is 95.7 Å². The lowest BCUT2D eigenvalue weighted by molar-refractivity contribution is 0.0541. The van der Waals surface area contributed by atoms with Gasteiger partial charge < -0.3 is 19.6 Å². The Labute approximate surface area is 203 Å². The number of piperazine rings is 1. The van der Waals surface area contributed by atoms with Gasteiger partial charge in [0.25, 0.3) is 5.91 Å². The second-order valence-electron chi connectivity index (χ2n) is 7.79. The molecule has 0 atom stereocenters. The monoisotopic (exact) mass is 468 g/mol. The number of hydrogen-bond acceptors (Lipinski definition) is 7. The molecule has 0 bridgehead atoms. The molecule has 2 aromatic carbocycles. The summed E-state index contributed by atoms with van der Waals surface area (Å²) in [6.45, 7) is 5.81. The van der Waals surface area contributed by atoms with Crippen LogP contribution >= 0.6 is 0 Å². The lowest BCUT2D eigenvalue weighted by Gasteiger charge is -2.35. The molecule has 1 aliphatic heterocycles. The number of carbonyl (C=O) groups is 2. The number of anilines is 1. The van der Waals surface area contributed by atoms with Crippen LogP contribution in [0.25, 0.3) is 0 Å². The van der Waals surface area contributed by atoms with Crippen LogP contribution in [0.5, 0.6) is 5.75 Å². The second-order valence-corrected chi connectivity index (χ2v) is 7.79. The Balaban J connectivity index is 1.40. The predicted molar refractivity (Wildman–Crippen MR) is 131 cm³/mol. The summed E-state index contributed by atoms with van der Waals surface area (Å²) in [4.78, 5) is 28.9. The number of amides is 1. The van der Waals surface area contributed by atoms with Crippen LogP contribution in [0.2, 0.25) is 0 Å². The third kappa shape index (κ3) is 5.84. The Hall–Kier alpha value is -4.64. The maximum atomic E-state index is 13.2. The fourth-order valence-electron chi connectivity index (χ4n) is 3.62. The number of aromatic nitrogens is 2. The van der Waals surface area contributed by atoms with Gasteiger partial charge >= 0.3 is 5.97 Å². The summed E-state index contributed by atoms with van der Waals surface area (Å²) in [6.07, 6.45) is 1.49. The van der Waals surface area contributed by atoms with E-state index in [4.69, 9.17) is 4.74 Å². The minimum absolute atomic E-state index is 0.0862. The van der Waals surface area contributed by atoms with Gasteiger partial charge in [0.1, 0.15) is 12.4 Å². The van der Waals surface area contributed by atoms with Crippen LogP contribution in [0.4, 0.5) is 5.82 Å². The number of benzene rings is 2. The fraction of sp³-hybridized carbons (Fsp3) is 0.185. The zero-order chi connectivity index (χ0) is 24.6. The van der Waals surface area contributed by atoms with Gasteiger partial charge in [0.15, 0.2) is 11.5 Å². The normalized spacial score (nSPS) is 12.9. The average Bonchev–Trinajstić information content (AvgIpc) is 2.90. The molecular formula is C27H24N4O4. The van der Waals surface area contributed by atoms with Crippen molar-refractivity contribution in [2.45, 2.75) is 0 Å². The van der Waals surface area contributed by atoms with Crippen molar-refractivity contribution in [1.29, 1.82) is 0 Å². The van der Waals surface area contributed by atoms with Gasteiger partial charge in [-0.15, -0.1) is 10.2 Å². The molecule has 0 spiro atoms. The number of carbonyl (C=O) groups excluding carboxylic acids is 2. The first kappa shape index (κ1) is 23.5. The molecular weight excluding hydrogens is 444 g/mol. The number of phenolic OH excluding ortho intramolecular Hbond substituents is 1. The zero-order valence-corrected chi connectivity index (χ0v) is 19.1. The Morgan fingerprint density at radius 2 is 1.80 bits per heavy atom. The van der Waals surface area contributed by atoms with E-state index in [0.29, 0.717) is 48.7 Å². The third-order valence-electron chi connectivity index (χ3n) is 5.43. The van der Waals surface area contributed by atoms with Crippen LogP contribution in [-0.4, -0.2) is 64.9 Å². The molecule has 1 aliphatic rings. The molecule has 3 aromatic rings. The van der Waals surface area contributed by atoms with Gasteiger partial charge in [-0.3, -0.25) is 4.79 Å². The van der Waals surface area contributed by atoms with E-state index in [2.05, 4.69) is 28.6 Å². The molecule has 1 amide bonds. The van der Waals surface area contributed by atoms with Crippen molar-refractivity contribution in [1.82, 2.24) is 15.1 Å². The molecule has 1 saturated heterocycles. The van der Waals surface area contributed by atoms with Crippen molar-refractivity contribution < 1.29 is 19.4 Å². The van der Waals surface area contributed by atoms with Gasteiger partial charge in [-0.1, -0.05) is 42.7 Å². The summed E-state index contributed by atoms with van der Waals surface area (Å²) in [6, 6.07) is 17.2. The quantitative estimate of drug-likeness (QED) is 0.349. The molecule has 0 unspecified atom stereocenters. The van der Waals surface area contributed by atoms with E-state index in [9.17, 15) is 14.7 Å². The number of hydrogen-bond donors (Lipinski definition) is 1. The first-order valence-corrected chi connectivity index (χ1v) is 11.1. The summed E-state index contributed by atoms with van der Waals surface area (Å²) in [7, 11) is 0. The van der Waals surface area contributed by atoms with Gasteiger partial charge in [-0.25, -0.2) is 4.79 Å². The Bertz CT molecular complexity index is 1290. The van der Waals surface area contributed by atoms with E-state index in [1.807, 2.05) is 23.1 Å². The third-order valence-corrected chi connectivity index (χ3v) is 5.43. The van der Waals surface area contributed by atoms with Crippen LogP contribution in [0.1, 0.15) is 32.0 Å². The Kier molecular flexibility index (Phi) is 7.38. The van der Waals surface area contributed by atoms with E-state index in [1.165, 1.54) is 6.08 Å². The summed E-state index contributed by atoms with van der Waals surface area (Å²) in [5, 5.41) is 17.7. The van der Waals surface area contributed by atoms with Crippen molar-refractivity contribution in [3.63, 3.8) is 0 Å². The van der Waals surface area contributed by atoms with E-state index >= 15 is 0 Å². The highest BCUT2D eigenvalue weighted by atomic mass is 16.5. The molecule has 1 aromatic heterocycles. The lowest BCUT2D eigenvalue weighted by Crippen LogP contribution is -2.49. The summed E-state index contributed by atoms with van der Waals surface area (Å²) in [5.41, 5.74) is 1.97. The molecule has 0 radical (unpaired) electrons.